The number of hydrogen-bond acceptors (Lipinski definition) is 6. The second kappa shape index (κ2) is 9.00. The molecule has 0 heterocycles. The number of ether oxygens (including phenoxy) is 2. The van der Waals surface area contributed by atoms with Crippen molar-refractivity contribution < 1.29 is 24.0 Å². The number of benzene rings is 1. The van der Waals surface area contributed by atoms with E-state index in [-0.39, 0.29) is 23.5 Å². The third-order valence-corrected chi connectivity index (χ3v) is 4.24. The Morgan fingerprint density at radius 3 is 2.64 bits per heavy atom. The lowest BCUT2D eigenvalue weighted by Gasteiger charge is -2.21. The lowest BCUT2D eigenvalue weighted by Crippen LogP contribution is -2.31. The SMILES string of the molecule is COc1ccc(C(=O)NCC(=O)OCC2CCCCC2)cc1[N+](=O)[O-]. The van der Waals surface area contributed by atoms with E-state index in [1.54, 1.807) is 0 Å². The van der Waals surface area contributed by atoms with Crippen molar-refractivity contribution in [3.8, 4) is 5.75 Å². The quantitative estimate of drug-likeness (QED) is 0.460. The summed E-state index contributed by atoms with van der Waals surface area (Å²) in [6, 6.07) is 3.85. The molecule has 1 N–H and O–H groups in total. The predicted molar refractivity (Wildman–Crippen MR) is 89.5 cm³/mol. The largest absolute Gasteiger partial charge is 0.490 e. The number of methoxy groups -OCH3 is 1. The number of esters is 1. The predicted octanol–water partition coefficient (Wildman–Crippen LogP) is 2.46. The number of carbonyl (C=O) groups is 2. The van der Waals surface area contributed by atoms with Gasteiger partial charge in [0.2, 0.25) is 0 Å². The average Bonchev–Trinajstić information content (AvgIpc) is 2.64. The Balaban J connectivity index is 1.84. The maximum Gasteiger partial charge on any atom is 0.325 e. The number of nitro groups is 1. The van der Waals surface area contributed by atoms with E-state index in [1.807, 2.05) is 0 Å². The molecule has 1 amide bonds. The number of nitro benzene ring substituents is 1. The van der Waals surface area contributed by atoms with Crippen molar-refractivity contribution in [2.75, 3.05) is 20.3 Å². The number of hydrogen-bond donors (Lipinski definition) is 1. The zero-order valence-electron chi connectivity index (χ0n) is 14.2. The Morgan fingerprint density at radius 2 is 2.00 bits per heavy atom. The monoisotopic (exact) mass is 350 g/mol. The Kier molecular flexibility index (Phi) is 6.73. The second-order valence-corrected chi connectivity index (χ2v) is 6.01. The van der Waals surface area contributed by atoms with Crippen LogP contribution in [0.5, 0.6) is 5.75 Å². The highest BCUT2D eigenvalue weighted by Crippen LogP contribution is 2.27. The van der Waals surface area contributed by atoms with Crippen molar-refractivity contribution in [1.82, 2.24) is 5.32 Å². The molecule has 1 aliphatic carbocycles. The Hall–Kier alpha value is -2.64. The van der Waals surface area contributed by atoms with Gasteiger partial charge in [0.1, 0.15) is 6.54 Å². The van der Waals surface area contributed by atoms with E-state index in [1.165, 1.54) is 25.7 Å². The van der Waals surface area contributed by atoms with E-state index in [4.69, 9.17) is 9.47 Å². The van der Waals surface area contributed by atoms with Gasteiger partial charge in [-0.05, 0) is 30.9 Å². The van der Waals surface area contributed by atoms with Crippen LogP contribution in [-0.4, -0.2) is 37.1 Å². The van der Waals surface area contributed by atoms with Crippen LogP contribution in [0, 0.1) is 16.0 Å². The first-order valence-electron chi connectivity index (χ1n) is 8.27. The van der Waals surface area contributed by atoms with E-state index in [0.29, 0.717) is 12.5 Å². The number of nitrogens with one attached hydrogen (secondary N) is 1. The minimum absolute atomic E-state index is 0.0634. The number of carbonyl (C=O) groups excluding carboxylic acids is 2. The van der Waals surface area contributed by atoms with Crippen LogP contribution in [0.15, 0.2) is 18.2 Å². The summed E-state index contributed by atoms with van der Waals surface area (Å²) in [7, 11) is 1.31. The van der Waals surface area contributed by atoms with Gasteiger partial charge in [-0.25, -0.2) is 0 Å². The summed E-state index contributed by atoms with van der Waals surface area (Å²) in [5.74, 6) is -0.631. The highest BCUT2D eigenvalue weighted by Gasteiger charge is 2.19. The highest BCUT2D eigenvalue weighted by atomic mass is 16.6. The molecule has 0 spiro atoms. The van der Waals surface area contributed by atoms with Crippen molar-refractivity contribution in [1.29, 1.82) is 0 Å². The van der Waals surface area contributed by atoms with Crippen molar-refractivity contribution in [3.63, 3.8) is 0 Å². The molecule has 0 aliphatic heterocycles. The van der Waals surface area contributed by atoms with Crippen LogP contribution in [0.4, 0.5) is 5.69 Å². The molecule has 0 radical (unpaired) electrons. The molecule has 1 saturated carbocycles. The van der Waals surface area contributed by atoms with Gasteiger partial charge in [0.05, 0.1) is 18.6 Å². The zero-order valence-corrected chi connectivity index (χ0v) is 14.2. The van der Waals surface area contributed by atoms with Gasteiger partial charge < -0.3 is 14.8 Å². The van der Waals surface area contributed by atoms with Crippen LogP contribution in [0.1, 0.15) is 42.5 Å². The minimum atomic E-state index is -0.631. The van der Waals surface area contributed by atoms with Crippen molar-refractivity contribution in [2.24, 2.45) is 5.92 Å². The van der Waals surface area contributed by atoms with Gasteiger partial charge in [0.25, 0.3) is 5.91 Å². The third kappa shape index (κ3) is 5.44. The molecule has 0 saturated heterocycles. The molecule has 1 aromatic carbocycles. The first kappa shape index (κ1) is 18.7. The fraction of sp³-hybridized carbons (Fsp3) is 0.529. The van der Waals surface area contributed by atoms with E-state index in [2.05, 4.69) is 5.32 Å². The van der Waals surface area contributed by atoms with Gasteiger partial charge in [0, 0.05) is 11.6 Å². The summed E-state index contributed by atoms with van der Waals surface area (Å²) >= 11 is 0. The van der Waals surface area contributed by atoms with Crippen LogP contribution in [0.2, 0.25) is 0 Å². The van der Waals surface area contributed by atoms with Crippen molar-refractivity contribution >= 4 is 17.6 Å². The Morgan fingerprint density at radius 1 is 1.28 bits per heavy atom. The number of amides is 1. The van der Waals surface area contributed by atoms with Crippen LogP contribution >= 0.6 is 0 Å². The summed E-state index contributed by atoms with van der Waals surface area (Å²) in [4.78, 5) is 34.1. The molecule has 0 atom stereocenters. The molecule has 0 unspecified atom stereocenters. The highest BCUT2D eigenvalue weighted by molar-refractivity contribution is 5.96. The topological polar surface area (TPSA) is 108 Å². The normalized spacial score (nSPS) is 14.6. The molecule has 8 nitrogen and oxygen atoms in total. The number of rotatable bonds is 7. The van der Waals surface area contributed by atoms with Crippen LogP contribution < -0.4 is 10.1 Å². The fourth-order valence-corrected chi connectivity index (χ4v) is 2.84. The summed E-state index contributed by atoms with van der Waals surface area (Å²) in [6.07, 6.45) is 5.68. The van der Waals surface area contributed by atoms with E-state index in [9.17, 15) is 19.7 Å². The molecule has 1 aliphatic rings. The van der Waals surface area contributed by atoms with Crippen LogP contribution in [0.3, 0.4) is 0 Å². The molecule has 8 heteroatoms. The summed E-state index contributed by atoms with van der Waals surface area (Å²) in [5.41, 5.74) is -0.234. The zero-order chi connectivity index (χ0) is 18.2. The van der Waals surface area contributed by atoms with E-state index < -0.39 is 16.8 Å². The standard InChI is InChI=1S/C17H22N2O6/c1-24-15-8-7-13(9-14(15)19(22)23)17(21)18-10-16(20)25-11-12-5-3-2-4-6-12/h7-9,12H,2-6,10-11H2,1H3,(H,18,21). The fourth-order valence-electron chi connectivity index (χ4n) is 2.84. The Labute approximate surface area is 145 Å². The molecule has 136 valence electrons. The first-order chi connectivity index (χ1) is 12.0. The number of nitrogens with zero attached hydrogens (tertiary/aromatic N) is 1. The molecule has 0 bridgehead atoms. The maximum absolute atomic E-state index is 12.0. The maximum atomic E-state index is 12.0. The molecule has 1 aromatic rings. The smallest absolute Gasteiger partial charge is 0.325 e. The van der Waals surface area contributed by atoms with E-state index in [0.717, 1.165) is 31.7 Å². The Bertz CT molecular complexity index is 640. The summed E-state index contributed by atoms with van der Waals surface area (Å²) < 4.78 is 10.1. The van der Waals surface area contributed by atoms with Crippen LogP contribution in [0.25, 0.3) is 0 Å². The van der Waals surface area contributed by atoms with Crippen LogP contribution in [-0.2, 0) is 9.53 Å². The molecule has 2 rings (SSSR count). The molecule has 1 fully saturated rings. The van der Waals surface area contributed by atoms with Gasteiger partial charge in [-0.3, -0.25) is 19.7 Å². The molecular formula is C17H22N2O6. The van der Waals surface area contributed by atoms with Crippen molar-refractivity contribution in [2.45, 2.75) is 32.1 Å². The van der Waals surface area contributed by atoms with Gasteiger partial charge in [-0.15, -0.1) is 0 Å². The average molecular weight is 350 g/mol. The van der Waals surface area contributed by atoms with Crippen molar-refractivity contribution in [3.05, 3.63) is 33.9 Å². The van der Waals surface area contributed by atoms with Gasteiger partial charge >= 0.3 is 11.7 Å². The molecule has 0 aromatic heterocycles. The third-order valence-electron chi connectivity index (χ3n) is 4.24. The molecular weight excluding hydrogens is 328 g/mol. The second-order valence-electron chi connectivity index (χ2n) is 6.01. The molecule has 25 heavy (non-hydrogen) atoms. The van der Waals surface area contributed by atoms with Gasteiger partial charge in [0.15, 0.2) is 5.75 Å². The first-order valence-corrected chi connectivity index (χ1v) is 8.27. The summed E-state index contributed by atoms with van der Waals surface area (Å²) in [5, 5.41) is 13.4. The lowest BCUT2D eigenvalue weighted by molar-refractivity contribution is -0.385. The van der Waals surface area contributed by atoms with E-state index >= 15 is 0 Å². The summed E-state index contributed by atoms with van der Waals surface area (Å²) in [6.45, 7) is 0.105. The lowest BCUT2D eigenvalue weighted by atomic mass is 9.90. The van der Waals surface area contributed by atoms with Gasteiger partial charge in [-0.2, -0.15) is 0 Å². The van der Waals surface area contributed by atoms with Gasteiger partial charge in [-0.1, -0.05) is 19.3 Å². The minimum Gasteiger partial charge on any atom is -0.490 e.